The first-order valence-electron chi connectivity index (χ1n) is 3.38. The van der Waals surface area contributed by atoms with Gasteiger partial charge in [0, 0.05) is 0 Å². The van der Waals surface area contributed by atoms with E-state index in [2.05, 4.69) is 6.58 Å². The Kier molecular flexibility index (Phi) is 6.81. The summed E-state index contributed by atoms with van der Waals surface area (Å²) >= 11 is 0. The normalized spacial score (nSPS) is 15.4. The molecule has 3 nitrogen and oxygen atoms in total. The highest BCUT2D eigenvalue weighted by Gasteiger charge is 2.24. The number of likely N-dealkylation sites (N-methyl/N-ethyl adjacent to an activating group) is 1. The van der Waals surface area contributed by atoms with E-state index in [1.54, 1.807) is 13.1 Å². The van der Waals surface area contributed by atoms with Gasteiger partial charge in [-0.15, -0.1) is 0 Å². The van der Waals surface area contributed by atoms with Gasteiger partial charge in [0.1, 0.15) is 6.54 Å². The third-order valence-electron chi connectivity index (χ3n) is 1.83. The van der Waals surface area contributed by atoms with Gasteiger partial charge in [0.2, 0.25) is 0 Å². The van der Waals surface area contributed by atoms with Crippen molar-refractivity contribution in [2.45, 2.75) is 13.3 Å². The minimum absolute atomic E-state index is 0. The molecule has 0 amide bonds. The van der Waals surface area contributed by atoms with Crippen molar-refractivity contribution < 1.29 is 27.1 Å². The second-order valence-corrected chi connectivity index (χ2v) is 2.61. The van der Waals surface area contributed by atoms with E-state index < -0.39 is 6.41 Å². The number of rotatable bonds is 4. The van der Waals surface area contributed by atoms with Crippen LogP contribution in [-0.4, -0.2) is 41.2 Å². The molecular formula is C7H16ClNO2. The summed E-state index contributed by atoms with van der Waals surface area (Å²) in [6, 6.07) is 0. The molecular weight excluding hydrogens is 166 g/mol. The van der Waals surface area contributed by atoms with Crippen LogP contribution in [0.2, 0.25) is 0 Å². The van der Waals surface area contributed by atoms with Gasteiger partial charge in [-0.2, -0.15) is 0 Å². The Balaban J connectivity index is 0. The summed E-state index contributed by atoms with van der Waals surface area (Å²) in [5.41, 5.74) is 0. The third-order valence-corrected chi connectivity index (χ3v) is 1.83. The van der Waals surface area contributed by atoms with E-state index in [9.17, 15) is 0 Å². The highest BCUT2D eigenvalue weighted by molar-refractivity contribution is 4.64. The Morgan fingerprint density at radius 3 is 2.09 bits per heavy atom. The summed E-state index contributed by atoms with van der Waals surface area (Å²) in [6.45, 7) is 6.71. The van der Waals surface area contributed by atoms with Crippen LogP contribution in [0.15, 0.2) is 12.7 Å². The van der Waals surface area contributed by atoms with Crippen molar-refractivity contribution in [2.24, 2.45) is 0 Å². The van der Waals surface area contributed by atoms with Gasteiger partial charge in [0.25, 0.3) is 0 Å². The van der Waals surface area contributed by atoms with Crippen molar-refractivity contribution in [1.82, 2.24) is 0 Å². The predicted molar refractivity (Wildman–Crippen MR) is 40.0 cm³/mol. The Labute approximate surface area is 74.0 Å². The van der Waals surface area contributed by atoms with Crippen LogP contribution in [0.1, 0.15) is 6.92 Å². The molecule has 0 rings (SSSR count). The van der Waals surface area contributed by atoms with E-state index in [0.717, 1.165) is 0 Å². The molecule has 4 heteroatoms. The van der Waals surface area contributed by atoms with Gasteiger partial charge >= 0.3 is 6.41 Å². The lowest BCUT2D eigenvalue weighted by molar-refractivity contribution is -0.970. The first-order chi connectivity index (χ1) is 4.56. The number of hydrogen-bond acceptors (Lipinski definition) is 2. The molecule has 0 aliphatic rings. The zero-order chi connectivity index (χ0) is 8.20. The molecule has 0 aliphatic heterocycles. The van der Waals surface area contributed by atoms with Gasteiger partial charge in [-0.1, -0.05) is 6.58 Å². The van der Waals surface area contributed by atoms with E-state index in [4.69, 9.17) is 10.2 Å². The van der Waals surface area contributed by atoms with E-state index in [1.807, 2.05) is 6.92 Å². The number of nitrogens with zero attached hydrogens (tertiary/aromatic N) is 1. The maximum Gasteiger partial charge on any atom is 0.304 e. The smallest absolute Gasteiger partial charge is 0.304 e. The molecule has 0 saturated carbocycles. The molecule has 0 aromatic heterocycles. The third kappa shape index (κ3) is 3.72. The predicted octanol–water partition coefficient (Wildman–Crippen LogP) is -3.09. The van der Waals surface area contributed by atoms with Gasteiger partial charge in [0.15, 0.2) is 0 Å². The van der Waals surface area contributed by atoms with Crippen molar-refractivity contribution in [2.75, 3.05) is 20.1 Å². The molecule has 0 aromatic carbocycles. The molecule has 0 aliphatic carbocycles. The van der Waals surface area contributed by atoms with E-state index >= 15 is 0 Å². The number of aliphatic hydroxyl groups excluding tert-OH is 1. The number of quaternary nitrogens is 1. The van der Waals surface area contributed by atoms with Crippen molar-refractivity contribution in [1.29, 1.82) is 0 Å². The lowest BCUT2D eigenvalue weighted by Crippen LogP contribution is -3.00. The Bertz CT molecular complexity index is 119. The van der Waals surface area contributed by atoms with Gasteiger partial charge in [0.05, 0.1) is 13.6 Å². The average Bonchev–Trinajstić information content (AvgIpc) is 1.88. The monoisotopic (exact) mass is 181 g/mol. The molecule has 0 radical (unpaired) electrons. The van der Waals surface area contributed by atoms with Gasteiger partial charge in [-0.25, -0.2) is 0 Å². The fourth-order valence-corrected chi connectivity index (χ4v) is 0.682. The van der Waals surface area contributed by atoms with E-state index in [-0.39, 0.29) is 16.9 Å². The van der Waals surface area contributed by atoms with Crippen LogP contribution in [0.5, 0.6) is 0 Å². The minimum Gasteiger partial charge on any atom is -1.00 e. The average molecular weight is 182 g/mol. The highest BCUT2D eigenvalue weighted by Crippen LogP contribution is 2.04. The molecule has 0 saturated heterocycles. The SMILES string of the molecule is C=CC[N+](C)(CC)C(O)O.[Cl-]. The molecule has 0 bridgehead atoms. The second kappa shape index (κ2) is 5.55. The fourth-order valence-electron chi connectivity index (χ4n) is 0.682. The van der Waals surface area contributed by atoms with Crippen LogP contribution in [0.4, 0.5) is 0 Å². The molecule has 1 unspecified atom stereocenters. The molecule has 68 valence electrons. The van der Waals surface area contributed by atoms with E-state index in [1.165, 1.54) is 0 Å². The van der Waals surface area contributed by atoms with Crippen molar-refractivity contribution in [3.63, 3.8) is 0 Å². The zero-order valence-corrected chi connectivity index (χ0v) is 7.75. The van der Waals surface area contributed by atoms with Crippen LogP contribution in [0.3, 0.4) is 0 Å². The van der Waals surface area contributed by atoms with Crippen molar-refractivity contribution in [3.05, 3.63) is 12.7 Å². The second-order valence-electron chi connectivity index (χ2n) is 2.61. The summed E-state index contributed by atoms with van der Waals surface area (Å²) in [5.74, 6) is 0. The topological polar surface area (TPSA) is 40.5 Å². The van der Waals surface area contributed by atoms with Crippen molar-refractivity contribution in [3.8, 4) is 0 Å². The van der Waals surface area contributed by atoms with Gasteiger partial charge in [-0.05, 0) is 13.0 Å². The Morgan fingerprint density at radius 2 is 2.00 bits per heavy atom. The quantitative estimate of drug-likeness (QED) is 0.274. The maximum absolute atomic E-state index is 8.88. The molecule has 0 aromatic rings. The van der Waals surface area contributed by atoms with Crippen LogP contribution in [0, 0.1) is 0 Å². The standard InChI is InChI=1S/C7H16NO2.ClH/c1-4-6-8(3,5-2)7(9)10;/h4,7,9-10H,1,5-6H2,2-3H3;1H/q+1;/p-1. The first-order valence-corrected chi connectivity index (χ1v) is 3.38. The number of hydrogen-bond donors (Lipinski definition) is 2. The van der Waals surface area contributed by atoms with Crippen molar-refractivity contribution >= 4 is 0 Å². The molecule has 0 spiro atoms. The van der Waals surface area contributed by atoms with Crippen LogP contribution in [-0.2, 0) is 0 Å². The maximum atomic E-state index is 8.88. The Morgan fingerprint density at radius 1 is 1.55 bits per heavy atom. The van der Waals surface area contributed by atoms with Crippen LogP contribution < -0.4 is 12.4 Å². The summed E-state index contributed by atoms with van der Waals surface area (Å²) in [6.07, 6.45) is 0.381. The van der Waals surface area contributed by atoms with Crippen LogP contribution in [0.25, 0.3) is 0 Å². The molecule has 11 heavy (non-hydrogen) atoms. The minimum atomic E-state index is -1.30. The van der Waals surface area contributed by atoms with E-state index in [0.29, 0.717) is 13.1 Å². The summed E-state index contributed by atoms with van der Waals surface area (Å²) < 4.78 is 0.212. The van der Waals surface area contributed by atoms with Crippen LogP contribution >= 0.6 is 0 Å². The summed E-state index contributed by atoms with van der Waals surface area (Å²) in [4.78, 5) is 0. The lowest BCUT2D eigenvalue weighted by atomic mass is 10.4. The number of aliphatic hydroxyl groups is 2. The first kappa shape index (κ1) is 13.5. The molecule has 2 N–H and O–H groups in total. The lowest BCUT2D eigenvalue weighted by Gasteiger charge is -2.32. The number of halogens is 1. The highest BCUT2D eigenvalue weighted by atomic mass is 35.5. The Hall–Kier alpha value is -0.0900. The largest absolute Gasteiger partial charge is 1.00 e. The zero-order valence-electron chi connectivity index (χ0n) is 7.00. The molecule has 0 heterocycles. The van der Waals surface area contributed by atoms with Gasteiger partial charge in [-0.3, -0.25) is 4.48 Å². The summed E-state index contributed by atoms with van der Waals surface area (Å²) in [5, 5.41) is 17.8. The molecule has 0 fully saturated rings. The summed E-state index contributed by atoms with van der Waals surface area (Å²) in [7, 11) is 1.77. The van der Waals surface area contributed by atoms with Gasteiger partial charge < -0.3 is 22.6 Å². The fraction of sp³-hybridized carbons (Fsp3) is 0.714. The molecule has 1 atom stereocenters.